The zero-order chi connectivity index (χ0) is 25.8. The fourth-order valence-corrected chi connectivity index (χ4v) is 5.71. The van der Waals surface area contributed by atoms with Crippen LogP contribution in [0.2, 0.25) is 0 Å². The Morgan fingerprint density at radius 3 is 2.58 bits per heavy atom. The topological polar surface area (TPSA) is 107 Å². The molecule has 2 heterocycles. The van der Waals surface area contributed by atoms with Crippen LogP contribution in [0.4, 0.5) is 10.1 Å². The first-order valence-corrected chi connectivity index (χ1v) is 12.7. The molecular formula is C25H19FN2O5S3. The summed E-state index contributed by atoms with van der Waals surface area (Å²) in [7, 11) is 0. The van der Waals surface area contributed by atoms with E-state index < -0.39 is 11.8 Å². The van der Waals surface area contributed by atoms with E-state index in [9.17, 15) is 23.9 Å². The van der Waals surface area contributed by atoms with Gasteiger partial charge in [0.15, 0.2) is 0 Å². The van der Waals surface area contributed by atoms with Crippen molar-refractivity contribution in [1.82, 2.24) is 4.90 Å². The van der Waals surface area contributed by atoms with Crippen LogP contribution in [0.3, 0.4) is 0 Å². The molecule has 0 radical (unpaired) electrons. The highest BCUT2D eigenvalue weighted by Crippen LogP contribution is 2.35. The fourth-order valence-electron chi connectivity index (χ4n) is 3.50. The minimum Gasteiger partial charge on any atom is -0.478 e. The standard InChI is InChI=1S/C25H19FN2O5S3/c26-17-3-6-20(15(9-17)12-29)16-10-19(35-13-16)11-21-23(31)28(25(34)36-21)8-7-22(30)27-18-4-1-14(2-5-18)24(32)33/h1-6,9-11,13,29H,7-8,12H2,(H,27,30)(H,32,33). The molecule has 3 N–H and O–H groups in total. The zero-order valence-corrected chi connectivity index (χ0v) is 21.0. The molecule has 1 fully saturated rings. The van der Waals surface area contributed by atoms with Gasteiger partial charge in [0.25, 0.3) is 5.91 Å². The van der Waals surface area contributed by atoms with Crippen LogP contribution in [0.15, 0.2) is 58.8 Å². The number of benzene rings is 2. The molecule has 36 heavy (non-hydrogen) atoms. The fraction of sp³-hybridized carbons (Fsp3) is 0.120. The Balaban J connectivity index is 1.39. The van der Waals surface area contributed by atoms with E-state index in [-0.39, 0.29) is 37.0 Å². The third kappa shape index (κ3) is 5.88. The van der Waals surface area contributed by atoms with Crippen LogP contribution in [0, 0.1) is 5.82 Å². The summed E-state index contributed by atoms with van der Waals surface area (Å²) in [6, 6.07) is 11.9. The Morgan fingerprint density at radius 1 is 1.14 bits per heavy atom. The molecule has 2 amide bonds. The molecule has 1 aliphatic heterocycles. The first-order valence-electron chi connectivity index (χ1n) is 10.6. The summed E-state index contributed by atoms with van der Waals surface area (Å²) in [5.41, 5.74) is 2.56. The number of thioether (sulfide) groups is 1. The van der Waals surface area contributed by atoms with E-state index in [1.807, 2.05) is 11.4 Å². The number of anilines is 1. The molecular weight excluding hydrogens is 523 g/mol. The number of aliphatic hydroxyl groups is 1. The van der Waals surface area contributed by atoms with Gasteiger partial charge in [-0.2, -0.15) is 0 Å². The smallest absolute Gasteiger partial charge is 0.335 e. The first-order chi connectivity index (χ1) is 17.2. The third-order valence-corrected chi connectivity index (χ3v) is 7.55. The number of aliphatic hydroxyl groups excluding tert-OH is 1. The van der Waals surface area contributed by atoms with Gasteiger partial charge < -0.3 is 15.5 Å². The van der Waals surface area contributed by atoms with Crippen molar-refractivity contribution in [3.63, 3.8) is 0 Å². The van der Waals surface area contributed by atoms with Gasteiger partial charge >= 0.3 is 5.97 Å². The van der Waals surface area contributed by atoms with E-state index in [0.29, 0.717) is 26.0 Å². The Labute approximate surface area is 219 Å². The molecule has 0 aliphatic carbocycles. The van der Waals surface area contributed by atoms with Crippen LogP contribution in [0.25, 0.3) is 17.2 Å². The Hall–Kier alpha value is -3.38. The predicted octanol–water partition coefficient (Wildman–Crippen LogP) is 4.97. The number of halogens is 1. The van der Waals surface area contributed by atoms with Gasteiger partial charge in [-0.1, -0.05) is 30.0 Å². The van der Waals surface area contributed by atoms with Gasteiger partial charge in [-0.3, -0.25) is 14.5 Å². The molecule has 2 aromatic carbocycles. The Morgan fingerprint density at radius 2 is 1.89 bits per heavy atom. The highest BCUT2D eigenvalue weighted by atomic mass is 32.2. The minimum absolute atomic E-state index is 0.0120. The van der Waals surface area contributed by atoms with Gasteiger partial charge in [0.1, 0.15) is 10.1 Å². The molecule has 0 unspecified atom stereocenters. The highest BCUT2D eigenvalue weighted by Gasteiger charge is 2.32. The second kappa shape index (κ2) is 11.1. The number of carboxylic acid groups (broad SMARTS) is 1. The van der Waals surface area contributed by atoms with Crippen molar-refractivity contribution < 1.29 is 29.0 Å². The largest absolute Gasteiger partial charge is 0.478 e. The molecule has 1 aliphatic rings. The lowest BCUT2D eigenvalue weighted by molar-refractivity contribution is -0.122. The van der Waals surface area contributed by atoms with E-state index in [1.54, 1.807) is 12.1 Å². The number of hydrogen-bond donors (Lipinski definition) is 3. The lowest BCUT2D eigenvalue weighted by Gasteiger charge is -2.14. The number of carbonyl (C=O) groups excluding carboxylic acids is 2. The number of thiocarbonyl (C=S) groups is 1. The summed E-state index contributed by atoms with van der Waals surface area (Å²) in [6.45, 7) is -0.190. The van der Waals surface area contributed by atoms with Gasteiger partial charge in [0.2, 0.25) is 5.91 Å². The molecule has 1 aromatic heterocycles. The maximum absolute atomic E-state index is 13.5. The average molecular weight is 543 g/mol. The first kappa shape index (κ1) is 25.7. The van der Waals surface area contributed by atoms with E-state index in [0.717, 1.165) is 22.2 Å². The number of nitrogens with one attached hydrogen (secondary N) is 1. The van der Waals surface area contributed by atoms with Gasteiger partial charge in [0, 0.05) is 23.5 Å². The maximum atomic E-state index is 13.5. The third-order valence-electron chi connectivity index (χ3n) is 5.29. The van der Waals surface area contributed by atoms with Crippen LogP contribution >= 0.6 is 35.3 Å². The van der Waals surface area contributed by atoms with Crippen LogP contribution in [-0.4, -0.2) is 43.8 Å². The molecule has 0 saturated carbocycles. The van der Waals surface area contributed by atoms with Gasteiger partial charge in [-0.25, -0.2) is 9.18 Å². The van der Waals surface area contributed by atoms with Gasteiger partial charge in [-0.15, -0.1) is 11.3 Å². The van der Waals surface area contributed by atoms with Crippen molar-refractivity contribution in [2.24, 2.45) is 0 Å². The number of rotatable bonds is 8. The minimum atomic E-state index is -1.06. The number of carbonyl (C=O) groups is 3. The molecule has 184 valence electrons. The van der Waals surface area contributed by atoms with Crippen molar-refractivity contribution in [2.75, 3.05) is 11.9 Å². The molecule has 0 bridgehead atoms. The van der Waals surface area contributed by atoms with Crippen LogP contribution in [0.1, 0.15) is 27.2 Å². The van der Waals surface area contributed by atoms with Gasteiger partial charge in [0.05, 0.1) is 17.1 Å². The molecule has 0 spiro atoms. The summed E-state index contributed by atoms with van der Waals surface area (Å²) >= 11 is 7.89. The van der Waals surface area contributed by atoms with Gasteiger partial charge in [-0.05, 0) is 70.6 Å². The quantitative estimate of drug-likeness (QED) is 0.272. The number of hydrogen-bond acceptors (Lipinski definition) is 7. The maximum Gasteiger partial charge on any atom is 0.335 e. The predicted molar refractivity (Wildman–Crippen MR) is 142 cm³/mol. The van der Waals surface area contributed by atoms with Crippen molar-refractivity contribution in [2.45, 2.75) is 13.0 Å². The lowest BCUT2D eigenvalue weighted by atomic mass is 10.0. The van der Waals surface area contributed by atoms with E-state index in [1.165, 1.54) is 52.6 Å². The van der Waals surface area contributed by atoms with Crippen LogP contribution in [-0.2, 0) is 16.2 Å². The van der Waals surface area contributed by atoms with Crippen molar-refractivity contribution in [3.8, 4) is 11.1 Å². The molecule has 1 saturated heterocycles. The Kier molecular flexibility index (Phi) is 7.94. The van der Waals surface area contributed by atoms with Crippen LogP contribution < -0.4 is 5.32 Å². The number of amides is 2. The zero-order valence-electron chi connectivity index (χ0n) is 18.6. The number of nitrogens with zero attached hydrogens (tertiary/aromatic N) is 1. The molecule has 4 rings (SSSR count). The molecule has 7 nitrogen and oxygen atoms in total. The van der Waals surface area contributed by atoms with E-state index >= 15 is 0 Å². The van der Waals surface area contributed by atoms with Crippen molar-refractivity contribution >= 4 is 69.2 Å². The SMILES string of the molecule is O=C(CCN1C(=O)C(=Cc2cc(-c3ccc(F)cc3CO)cs2)SC1=S)Nc1ccc(C(=O)O)cc1. The number of carboxylic acids is 1. The monoisotopic (exact) mass is 542 g/mol. The van der Waals surface area contributed by atoms with Crippen LogP contribution in [0.5, 0.6) is 0 Å². The summed E-state index contributed by atoms with van der Waals surface area (Å²) < 4.78 is 13.8. The van der Waals surface area contributed by atoms with E-state index in [4.69, 9.17) is 17.3 Å². The summed E-state index contributed by atoms with van der Waals surface area (Å²) in [5, 5.41) is 23.0. The second-order valence-corrected chi connectivity index (χ2v) is 10.3. The normalized spacial score (nSPS) is 14.5. The van der Waals surface area contributed by atoms with Crippen molar-refractivity contribution in [3.05, 3.63) is 80.6 Å². The van der Waals surface area contributed by atoms with E-state index in [2.05, 4.69) is 5.32 Å². The van der Waals surface area contributed by atoms with Crippen molar-refractivity contribution in [1.29, 1.82) is 0 Å². The average Bonchev–Trinajstić information content (AvgIpc) is 3.42. The summed E-state index contributed by atoms with van der Waals surface area (Å²) in [5.74, 6) is -2.11. The molecule has 3 aromatic rings. The number of thiophene rings is 1. The summed E-state index contributed by atoms with van der Waals surface area (Å²) in [6.07, 6.45) is 1.73. The highest BCUT2D eigenvalue weighted by molar-refractivity contribution is 8.26. The lowest BCUT2D eigenvalue weighted by Crippen LogP contribution is -2.31. The molecule has 11 heteroatoms. The number of aromatic carboxylic acids is 1. The Bertz CT molecular complexity index is 1380. The summed E-state index contributed by atoms with van der Waals surface area (Å²) in [4.78, 5) is 38.7. The second-order valence-electron chi connectivity index (χ2n) is 7.71. The molecule has 0 atom stereocenters.